The average Bonchev–Trinajstić information content (AvgIpc) is 3.29. The van der Waals surface area contributed by atoms with E-state index in [1.54, 1.807) is 0 Å². The summed E-state index contributed by atoms with van der Waals surface area (Å²) >= 11 is 7.50. The molecule has 0 saturated heterocycles. The molecule has 0 unspecified atom stereocenters. The first-order valence-electron chi connectivity index (χ1n) is 10.9. The normalized spacial score (nSPS) is 16.9. The number of carbonyl (C=O) groups excluding carboxylic acids is 1. The zero-order valence-electron chi connectivity index (χ0n) is 18.3. The minimum Gasteiger partial charge on any atom is -0.494 e. The first-order chi connectivity index (χ1) is 16.6. The van der Waals surface area contributed by atoms with Gasteiger partial charge in [0.05, 0.1) is 12.6 Å². The molecule has 9 heteroatoms. The van der Waals surface area contributed by atoms with Gasteiger partial charge in [-0.15, -0.1) is 10.2 Å². The maximum absolute atomic E-state index is 13.4. The monoisotopic (exact) mass is 491 g/mol. The van der Waals surface area contributed by atoms with Crippen LogP contribution in [0.25, 0.3) is 11.4 Å². The number of nitrogens with zero attached hydrogens (tertiary/aromatic N) is 3. The van der Waals surface area contributed by atoms with E-state index in [0.717, 1.165) is 16.9 Å². The van der Waals surface area contributed by atoms with Gasteiger partial charge in [-0.1, -0.05) is 65.8 Å². The molecule has 0 radical (unpaired) electrons. The second-order valence-electron chi connectivity index (χ2n) is 7.65. The summed E-state index contributed by atoms with van der Waals surface area (Å²) in [4.78, 5) is 13.4. The van der Waals surface area contributed by atoms with Crippen molar-refractivity contribution in [1.29, 1.82) is 0 Å². The van der Waals surface area contributed by atoms with Gasteiger partial charge in [-0.25, -0.2) is 4.68 Å². The molecule has 5 rings (SSSR count). The quantitative estimate of drug-likeness (QED) is 0.376. The lowest BCUT2D eigenvalue weighted by Gasteiger charge is -2.33. The van der Waals surface area contributed by atoms with Crippen molar-refractivity contribution < 1.29 is 9.53 Å². The van der Waals surface area contributed by atoms with Gasteiger partial charge in [-0.05, 0) is 48.9 Å². The van der Waals surface area contributed by atoms with E-state index < -0.39 is 5.25 Å². The lowest BCUT2D eigenvalue weighted by Crippen LogP contribution is -2.41. The number of carbonyl (C=O) groups is 1. The number of benzene rings is 3. The highest BCUT2D eigenvalue weighted by molar-refractivity contribution is 8.00. The third-order valence-corrected chi connectivity index (χ3v) is 6.86. The number of aromatic nitrogens is 3. The number of halogens is 1. The second kappa shape index (κ2) is 9.79. The molecule has 1 aliphatic heterocycles. The second-order valence-corrected chi connectivity index (χ2v) is 9.20. The van der Waals surface area contributed by atoms with E-state index in [0.29, 0.717) is 28.3 Å². The molecule has 2 atom stereocenters. The van der Waals surface area contributed by atoms with Gasteiger partial charge in [0.1, 0.15) is 11.0 Å². The minimum absolute atomic E-state index is 0.142. The van der Waals surface area contributed by atoms with Gasteiger partial charge in [0.25, 0.3) is 0 Å². The van der Waals surface area contributed by atoms with Crippen molar-refractivity contribution >= 4 is 35.0 Å². The molecule has 172 valence electrons. The Kier molecular flexibility index (Phi) is 6.42. The number of rotatable bonds is 6. The van der Waals surface area contributed by atoms with E-state index in [1.807, 2.05) is 90.5 Å². The molecule has 3 aromatic carbocycles. The summed E-state index contributed by atoms with van der Waals surface area (Å²) in [6.45, 7) is 2.52. The lowest BCUT2D eigenvalue weighted by atomic mass is 10.0. The van der Waals surface area contributed by atoms with E-state index in [1.165, 1.54) is 11.8 Å². The molecule has 0 aliphatic carbocycles. The molecule has 1 aliphatic rings. The Bertz CT molecular complexity index is 1280. The van der Waals surface area contributed by atoms with Crippen LogP contribution in [0.15, 0.2) is 84.0 Å². The average molecular weight is 492 g/mol. The molecule has 0 saturated carbocycles. The number of anilines is 1. The third kappa shape index (κ3) is 4.60. The largest absolute Gasteiger partial charge is 0.494 e. The molecule has 2 N–H and O–H groups in total. The van der Waals surface area contributed by atoms with Gasteiger partial charge in [0, 0.05) is 16.3 Å². The summed E-state index contributed by atoms with van der Waals surface area (Å²) in [5.41, 5.74) is 6.03. The first kappa shape index (κ1) is 22.3. The maximum Gasteiger partial charge on any atom is 0.240 e. The Hall–Kier alpha value is -3.49. The summed E-state index contributed by atoms with van der Waals surface area (Å²) in [6.07, 6.45) is 0. The van der Waals surface area contributed by atoms with Gasteiger partial charge < -0.3 is 15.5 Å². The van der Waals surface area contributed by atoms with Crippen LogP contribution in [-0.4, -0.2) is 32.6 Å². The smallest absolute Gasteiger partial charge is 0.240 e. The van der Waals surface area contributed by atoms with Crippen LogP contribution in [0.5, 0.6) is 5.75 Å². The predicted octanol–water partition coefficient (Wildman–Crippen LogP) is 5.40. The number of fused-ring (bicyclic) bond motifs is 1. The number of amides is 1. The van der Waals surface area contributed by atoms with Crippen LogP contribution < -0.4 is 15.5 Å². The highest BCUT2D eigenvalue weighted by atomic mass is 35.5. The Morgan fingerprint density at radius 3 is 2.50 bits per heavy atom. The van der Waals surface area contributed by atoms with Crippen LogP contribution in [-0.2, 0) is 4.79 Å². The molecule has 34 heavy (non-hydrogen) atoms. The Balaban J connectivity index is 1.46. The number of hydrogen-bond donors (Lipinski definition) is 2. The summed E-state index contributed by atoms with van der Waals surface area (Å²) in [5, 5.41) is 12.5. The Morgan fingerprint density at radius 1 is 1.06 bits per heavy atom. The van der Waals surface area contributed by atoms with Gasteiger partial charge in [0.15, 0.2) is 5.82 Å². The van der Waals surface area contributed by atoms with Crippen molar-refractivity contribution in [2.45, 2.75) is 23.4 Å². The SMILES string of the molecule is CCOc1ccc(NC(=O)[C@H]2Sc3nnc(-c4ccccc4)n3N[C@H]2c2ccc(Cl)cc2)cc1. The topological polar surface area (TPSA) is 81.1 Å². The van der Waals surface area contributed by atoms with Crippen molar-refractivity contribution in [3.05, 3.63) is 89.4 Å². The molecule has 1 aromatic heterocycles. The number of nitrogens with one attached hydrogen (secondary N) is 2. The number of thioether (sulfide) groups is 1. The molecule has 4 aromatic rings. The van der Waals surface area contributed by atoms with Crippen molar-refractivity contribution in [2.75, 3.05) is 17.3 Å². The van der Waals surface area contributed by atoms with Crippen LogP contribution >= 0.6 is 23.4 Å². The molecule has 7 nitrogen and oxygen atoms in total. The van der Waals surface area contributed by atoms with E-state index >= 15 is 0 Å². The zero-order valence-corrected chi connectivity index (χ0v) is 19.9. The van der Waals surface area contributed by atoms with Gasteiger partial charge in [-0.2, -0.15) is 0 Å². The molecule has 0 spiro atoms. The van der Waals surface area contributed by atoms with Crippen LogP contribution in [0.1, 0.15) is 18.5 Å². The standard InChI is InChI=1S/C25H22ClN5O2S/c1-2-33-20-14-12-19(13-15-20)27-24(32)22-21(16-8-10-18(26)11-9-16)30-31-23(28-29-25(31)34-22)17-6-4-3-5-7-17/h3-15,21-22,30H,2H2,1H3,(H,27,32)/t21-,22-/m0/s1. The van der Waals surface area contributed by atoms with Crippen LogP contribution in [0.2, 0.25) is 5.02 Å². The summed E-state index contributed by atoms with van der Waals surface area (Å²) in [7, 11) is 0. The van der Waals surface area contributed by atoms with Crippen molar-refractivity contribution in [1.82, 2.24) is 14.9 Å². The first-order valence-corrected chi connectivity index (χ1v) is 12.1. The van der Waals surface area contributed by atoms with Crippen molar-refractivity contribution in [2.24, 2.45) is 0 Å². The van der Waals surface area contributed by atoms with Crippen molar-refractivity contribution in [3.8, 4) is 17.1 Å². The van der Waals surface area contributed by atoms with Crippen LogP contribution in [0.4, 0.5) is 5.69 Å². The predicted molar refractivity (Wildman–Crippen MR) is 135 cm³/mol. The van der Waals surface area contributed by atoms with E-state index in [-0.39, 0.29) is 11.9 Å². The third-order valence-electron chi connectivity index (χ3n) is 5.39. The summed E-state index contributed by atoms with van der Waals surface area (Å²) in [6, 6.07) is 24.3. The van der Waals surface area contributed by atoms with E-state index in [9.17, 15) is 4.79 Å². The molecular weight excluding hydrogens is 470 g/mol. The summed E-state index contributed by atoms with van der Waals surface area (Å²) in [5.74, 6) is 1.30. The van der Waals surface area contributed by atoms with Gasteiger partial charge >= 0.3 is 0 Å². The van der Waals surface area contributed by atoms with Crippen LogP contribution in [0.3, 0.4) is 0 Å². The fourth-order valence-corrected chi connectivity index (χ4v) is 4.97. The van der Waals surface area contributed by atoms with Gasteiger partial charge in [0.2, 0.25) is 11.1 Å². The molecule has 0 fully saturated rings. The minimum atomic E-state index is -0.493. The fourth-order valence-electron chi connectivity index (χ4n) is 3.76. The maximum atomic E-state index is 13.4. The van der Waals surface area contributed by atoms with Crippen LogP contribution in [0, 0.1) is 0 Å². The Morgan fingerprint density at radius 2 is 1.79 bits per heavy atom. The highest BCUT2D eigenvalue weighted by Crippen LogP contribution is 2.39. The van der Waals surface area contributed by atoms with Gasteiger partial charge in [-0.3, -0.25) is 4.79 Å². The molecule has 0 bridgehead atoms. The van der Waals surface area contributed by atoms with E-state index in [4.69, 9.17) is 16.3 Å². The lowest BCUT2D eigenvalue weighted by molar-refractivity contribution is -0.116. The molecule has 1 amide bonds. The fraction of sp³-hybridized carbons (Fsp3) is 0.160. The zero-order chi connectivity index (χ0) is 23.5. The number of hydrogen-bond acceptors (Lipinski definition) is 6. The Labute approximate surface area is 206 Å². The molecule has 2 heterocycles. The summed E-state index contributed by atoms with van der Waals surface area (Å²) < 4.78 is 7.34. The van der Waals surface area contributed by atoms with Crippen molar-refractivity contribution in [3.63, 3.8) is 0 Å². The highest BCUT2D eigenvalue weighted by Gasteiger charge is 2.38. The number of ether oxygens (including phenoxy) is 1. The molecular formula is C25H22ClN5O2S. The van der Waals surface area contributed by atoms with E-state index in [2.05, 4.69) is 20.9 Å².